The van der Waals surface area contributed by atoms with Crippen molar-refractivity contribution in [3.8, 4) is 34.0 Å². The van der Waals surface area contributed by atoms with Crippen LogP contribution in [0.15, 0.2) is 124 Å². The minimum Gasteiger partial charge on any atom is -0.495 e. The Morgan fingerprint density at radius 2 is 1.02 bits per heavy atom. The number of hydrogen-bond acceptors (Lipinski definition) is 25. The zero-order chi connectivity index (χ0) is 81.9. The van der Waals surface area contributed by atoms with Gasteiger partial charge in [0.25, 0.3) is 10.1 Å². The lowest BCUT2D eigenvalue weighted by Gasteiger charge is -2.43. The van der Waals surface area contributed by atoms with Gasteiger partial charge in [-0.15, -0.1) is 0 Å². The zero-order valence-corrected chi connectivity index (χ0v) is 73.9. The van der Waals surface area contributed by atoms with Crippen LogP contribution in [0.25, 0.3) is 22.5 Å². The number of nitrogens with zero attached hydrogens (tertiary/aromatic N) is 16. The van der Waals surface area contributed by atoms with Crippen molar-refractivity contribution in [2.45, 2.75) is 96.0 Å². The molecule has 0 bridgehead atoms. The molecule has 13 rings (SSSR count). The second-order valence-corrected chi connectivity index (χ2v) is 39.1. The molecule has 0 saturated carbocycles. The van der Waals surface area contributed by atoms with Gasteiger partial charge in [0.2, 0.25) is 11.2 Å². The first-order valence-corrected chi connectivity index (χ1v) is 46.7. The van der Waals surface area contributed by atoms with Crippen molar-refractivity contribution in [1.82, 2.24) is 69.5 Å². The van der Waals surface area contributed by atoms with Gasteiger partial charge in [-0.25, -0.2) is 9.97 Å². The number of nitrogens with one attached hydrogen (secondary N) is 3. The van der Waals surface area contributed by atoms with Gasteiger partial charge < -0.3 is 65.0 Å². The van der Waals surface area contributed by atoms with Gasteiger partial charge in [0.05, 0.1) is 63.2 Å². The average Bonchev–Trinajstić information content (AvgIpc) is 1.57. The molecule has 4 aliphatic rings. The van der Waals surface area contributed by atoms with E-state index in [9.17, 15) is 17.5 Å². The number of aryl methyl sites for hydroxylation is 5. The minimum atomic E-state index is -4.02. The predicted molar refractivity (Wildman–Crippen MR) is 466 cm³/mol. The number of rotatable bonds is 21. The second kappa shape index (κ2) is 41.3. The number of benzene rings is 5. The number of ether oxygens (including phenoxy) is 2. The Bertz CT molecular complexity index is 4830. The predicted octanol–water partition coefficient (Wildman–Crippen LogP) is 13.3. The summed E-state index contributed by atoms with van der Waals surface area (Å²) in [4.78, 5) is 35.6. The Morgan fingerprint density at radius 1 is 0.575 bits per heavy atom. The highest BCUT2D eigenvalue weighted by atomic mass is 79.9. The third kappa shape index (κ3) is 25.2. The summed E-state index contributed by atoms with van der Waals surface area (Å²) < 4.78 is 68.5. The van der Waals surface area contributed by atoms with Gasteiger partial charge in [-0.3, -0.25) is 14.4 Å². The van der Waals surface area contributed by atoms with E-state index in [1.165, 1.54) is 109 Å². The molecule has 0 spiro atoms. The number of piperazine rings is 2. The summed E-state index contributed by atoms with van der Waals surface area (Å²) in [5, 5.41) is 36.5. The van der Waals surface area contributed by atoms with Crippen LogP contribution in [-0.2, 0) is 46.2 Å². The number of aliphatic hydroxyl groups is 1. The highest BCUT2D eigenvalue weighted by Crippen LogP contribution is 2.44. The third-order valence-electron chi connectivity index (χ3n) is 20.3. The number of methoxy groups -OCH3 is 2. The molecule has 0 radical (unpaired) electrons. The summed E-state index contributed by atoms with van der Waals surface area (Å²) in [7, 11) is 2.09. The Kier molecular flexibility index (Phi) is 32.6. The molecule has 612 valence electrons. The molecule has 0 unspecified atom stereocenters. The maximum Gasteiger partial charge on any atom is 0.294 e. The number of hydrogen-bond donors (Lipinski definition) is 6. The molecule has 4 aliphatic heterocycles. The largest absolute Gasteiger partial charge is 0.495 e. The Hall–Kier alpha value is -7.64. The Labute approximate surface area is 688 Å². The molecule has 0 aliphatic carbocycles. The highest BCUT2D eigenvalue weighted by Gasteiger charge is 2.31. The fourth-order valence-electron chi connectivity index (χ4n) is 13.8. The molecule has 34 heteroatoms. The molecular weight excluding hydrogens is 1650 g/mol. The van der Waals surface area contributed by atoms with E-state index in [1.54, 1.807) is 91.9 Å². The van der Waals surface area contributed by atoms with Crippen molar-refractivity contribution < 1.29 is 36.7 Å². The van der Waals surface area contributed by atoms with Gasteiger partial charge in [0.15, 0.2) is 0 Å². The summed E-state index contributed by atoms with van der Waals surface area (Å²) in [5.74, 6) is 2.99. The van der Waals surface area contributed by atoms with Crippen LogP contribution in [0, 0.1) is 6.92 Å². The molecule has 7 N–H and O–H groups in total. The van der Waals surface area contributed by atoms with E-state index >= 15 is 0 Å². The monoisotopic (exact) mass is 1750 g/mol. The number of nitrogen functional groups attached to an aromatic ring is 1. The highest BCUT2D eigenvalue weighted by molar-refractivity contribution is 9.11. The number of aliphatic hydroxyl groups excluding tert-OH is 1. The first-order valence-electron chi connectivity index (χ1n) is 38.1. The molecule has 8 heterocycles. The molecule has 4 aromatic heterocycles. The molecule has 4 fully saturated rings. The lowest BCUT2D eigenvalue weighted by Crippen LogP contribution is -2.52. The summed E-state index contributed by atoms with van der Waals surface area (Å²) >= 11 is 12.8. The Morgan fingerprint density at radius 3 is 1.42 bits per heavy atom. The van der Waals surface area contributed by atoms with Gasteiger partial charge >= 0.3 is 0 Å². The van der Waals surface area contributed by atoms with E-state index in [0.29, 0.717) is 61.2 Å². The second-order valence-electron chi connectivity index (χ2n) is 29.3. The van der Waals surface area contributed by atoms with Crippen molar-refractivity contribution >= 4 is 130 Å². The van der Waals surface area contributed by atoms with E-state index in [4.69, 9.17) is 41.5 Å². The lowest BCUT2D eigenvalue weighted by molar-refractivity contribution is 0.0982. The SMILES string of the molecule is CCCCO.CCc1cc(N)c(OC)cc1N1CCC(N2CCN(C)CC2)CC1.CCc1cc(Nc2ncc(Br)c(Nc3ccc(-c4cnn(C)n4)cc3P(C)(C)=O)n2)c(OC)cc1N1CCC(N2CCN(C)CC2)CC1.Cc1ccc(S(=O)(=O)O)cc1.Cn1ncc(-c2ccc(Nc3nc(Cl)ncc3Br)c(P(C)(C)=O)c2)n1. The van der Waals surface area contributed by atoms with Crippen LogP contribution in [0.2, 0.25) is 5.28 Å². The molecule has 4 saturated heterocycles. The number of nitrogens with two attached hydrogens (primary N) is 1. The number of likely N-dealkylation sites (N-methyl/N-ethyl adjacent to an activating group) is 2. The van der Waals surface area contributed by atoms with E-state index in [0.717, 1.165) is 122 Å². The van der Waals surface area contributed by atoms with Gasteiger partial charge in [0, 0.05) is 169 Å². The topological polar surface area (TPSA) is 322 Å². The number of unbranched alkanes of at least 4 members (excludes halogenated alkanes) is 1. The van der Waals surface area contributed by atoms with Crippen LogP contribution >= 0.6 is 57.7 Å². The van der Waals surface area contributed by atoms with E-state index < -0.39 is 24.4 Å². The minimum absolute atomic E-state index is 0.0666. The van der Waals surface area contributed by atoms with Crippen LogP contribution in [-0.4, -0.2) is 240 Å². The van der Waals surface area contributed by atoms with Crippen LogP contribution in [0.3, 0.4) is 0 Å². The molecule has 28 nitrogen and oxygen atoms in total. The molecule has 0 atom stereocenters. The fraction of sp³-hybridized carbons (Fsp3) is 0.468. The summed E-state index contributed by atoms with van der Waals surface area (Å²) in [5.41, 5.74) is 18.2. The molecule has 113 heavy (non-hydrogen) atoms. The molecular formula is C79H111Br2ClN20O8P2S. The number of aromatic nitrogens is 10. The third-order valence-corrected chi connectivity index (χ3v) is 25.6. The van der Waals surface area contributed by atoms with Crippen LogP contribution in [0.4, 0.5) is 51.7 Å². The van der Waals surface area contributed by atoms with E-state index in [2.05, 4.69) is 172 Å². The quantitative estimate of drug-likeness (QED) is 0.0168. The normalized spacial score (nSPS) is 15.6. The molecule has 0 amide bonds. The van der Waals surface area contributed by atoms with Crippen molar-refractivity contribution in [1.29, 1.82) is 0 Å². The smallest absolute Gasteiger partial charge is 0.294 e. The van der Waals surface area contributed by atoms with Gasteiger partial charge in [-0.1, -0.05) is 57.0 Å². The standard InChI is InChI=1S/C34H46BrN10O2P.C19H32N4O.C15H15BrClN6OP.C7H8O3S.C4H10O/c1-7-23-18-28(31(47-4)20-30(23)45-12-10-25(11-13-45)44-16-14-42(2)15-17-44)39-34-36-21-26(35)33(40-34)38-27-9-8-24(19-32(27)48(5,6)46)29-22-37-43(3)41-29;1-4-15-13-17(20)19(24-3)14-18(15)23-7-5-16(6-8-23)22-11-9-21(2)10-12-22;1-23-19-8-12(22-23)9-4-5-11(13(6-9)25(2,3)24)20-14-10(16)7-18-15(17)21-14;1-6-2-4-7(5-3-6)11(8,9)10;1-2-3-4-5/h8-9,18-22,25H,7,10-17H2,1-6H3,(H2,36,38,39,40);13-14,16H,4-12,20H2,1-3H3;4-8H,1-3H3,(H,18,20,21);2-5H,1H3,(H,8,9,10);5H,2-4H2,1H3. The molecule has 5 aromatic carbocycles. The first-order chi connectivity index (χ1) is 53.8. The van der Waals surface area contributed by atoms with E-state index in [-0.39, 0.29) is 10.2 Å². The van der Waals surface area contributed by atoms with Crippen LogP contribution in [0.5, 0.6) is 11.5 Å². The van der Waals surface area contributed by atoms with Crippen LogP contribution in [0.1, 0.15) is 76.0 Å². The summed E-state index contributed by atoms with van der Waals surface area (Å²) in [6, 6.07) is 27.3. The first kappa shape index (κ1) is 89.3. The van der Waals surface area contributed by atoms with E-state index in [1.807, 2.05) is 43.3 Å². The summed E-state index contributed by atoms with van der Waals surface area (Å²) in [6.07, 6.45) is 15.4. The van der Waals surface area contributed by atoms with Gasteiger partial charge in [-0.05, 0) is 196 Å². The fourth-order valence-corrected chi connectivity index (χ4v) is 17.3. The average molecular weight is 1760 g/mol. The maximum absolute atomic E-state index is 13.4. The summed E-state index contributed by atoms with van der Waals surface area (Å²) in [6.45, 7) is 29.4. The number of piperidine rings is 2. The molecule has 9 aromatic rings. The van der Waals surface area contributed by atoms with Crippen molar-refractivity contribution in [2.75, 3.05) is 172 Å². The van der Waals surface area contributed by atoms with Gasteiger partial charge in [0.1, 0.15) is 48.8 Å². The Balaban J connectivity index is 0.000000189. The maximum atomic E-state index is 13.4. The lowest BCUT2D eigenvalue weighted by atomic mass is 9.99. The van der Waals surface area contributed by atoms with Crippen molar-refractivity contribution in [2.24, 2.45) is 14.1 Å². The van der Waals surface area contributed by atoms with Crippen molar-refractivity contribution in [3.63, 3.8) is 0 Å². The number of halogens is 3. The number of anilines is 9. The van der Waals surface area contributed by atoms with Gasteiger partial charge in [-0.2, -0.15) is 48.4 Å². The zero-order valence-electron chi connectivity index (χ0n) is 67.4. The van der Waals surface area contributed by atoms with Crippen molar-refractivity contribution in [3.05, 3.63) is 141 Å². The van der Waals surface area contributed by atoms with Crippen LogP contribution < -0.4 is 51.6 Å².